The largest absolute Gasteiger partial charge is 0.496 e. The Balaban J connectivity index is 1.62. The molecule has 1 fully saturated rings. The quantitative estimate of drug-likeness (QED) is 0.749. The van der Waals surface area contributed by atoms with Crippen LogP contribution in [0.4, 0.5) is 0 Å². The van der Waals surface area contributed by atoms with E-state index in [0.717, 1.165) is 28.4 Å². The summed E-state index contributed by atoms with van der Waals surface area (Å²) in [4.78, 5) is 20.2. The first-order valence-electron chi connectivity index (χ1n) is 8.77. The van der Waals surface area contributed by atoms with Crippen molar-refractivity contribution in [1.29, 1.82) is 0 Å². The lowest BCUT2D eigenvalue weighted by Gasteiger charge is -2.36. The number of para-hydroxylation sites is 1. The summed E-state index contributed by atoms with van der Waals surface area (Å²) >= 11 is 1.40. The topological polar surface area (TPSA) is 72.3 Å². The number of aryl methyl sites for hydroxylation is 1. The molecule has 1 unspecified atom stereocenters. The molecule has 1 aromatic carbocycles. The highest BCUT2D eigenvalue weighted by molar-refractivity contribution is 7.16. The molecule has 0 saturated carbocycles. The molecule has 27 heavy (non-hydrogen) atoms. The highest BCUT2D eigenvalue weighted by Crippen LogP contribution is 2.33. The number of carbonyl (C=O) groups excluding carboxylic acids is 1. The van der Waals surface area contributed by atoms with Crippen molar-refractivity contribution in [2.45, 2.75) is 6.04 Å². The number of hydrogen-bond acceptors (Lipinski definition) is 6. The van der Waals surface area contributed by atoms with Gasteiger partial charge in [0.15, 0.2) is 0 Å². The molecule has 0 aliphatic carbocycles. The van der Waals surface area contributed by atoms with Gasteiger partial charge >= 0.3 is 0 Å². The molecule has 1 N–H and O–H groups in total. The zero-order valence-corrected chi connectivity index (χ0v) is 16.1. The van der Waals surface area contributed by atoms with Crippen LogP contribution in [-0.4, -0.2) is 52.3 Å². The van der Waals surface area contributed by atoms with E-state index in [1.54, 1.807) is 24.2 Å². The number of nitrogens with one attached hydrogen (secondary N) is 1. The van der Waals surface area contributed by atoms with Crippen LogP contribution in [0.2, 0.25) is 0 Å². The number of hydrogen-bond donors (Lipinski definition) is 1. The van der Waals surface area contributed by atoms with Gasteiger partial charge in [-0.3, -0.25) is 9.48 Å². The Kier molecular flexibility index (Phi) is 4.91. The fourth-order valence-corrected chi connectivity index (χ4v) is 4.19. The number of thiazole rings is 1. The first kappa shape index (κ1) is 17.7. The standard InChI is InChI=1S/C19H21N5O2S/c1-23-12-13(9-22-23)18-21-11-17(27-18)19(25)24-8-7-20-10-15(24)14-5-3-4-6-16(14)26-2/h3-6,9,11-12,15,20H,7-8,10H2,1-2H3. The lowest BCUT2D eigenvalue weighted by molar-refractivity contribution is 0.0636. The van der Waals surface area contributed by atoms with Crippen LogP contribution < -0.4 is 10.1 Å². The van der Waals surface area contributed by atoms with Crippen molar-refractivity contribution in [2.24, 2.45) is 7.05 Å². The lowest BCUT2D eigenvalue weighted by atomic mass is 10.0. The second-order valence-electron chi connectivity index (χ2n) is 6.39. The SMILES string of the molecule is COc1ccccc1C1CNCCN1C(=O)c1cnc(-c2cnn(C)c2)s1. The molecular weight excluding hydrogens is 362 g/mol. The van der Waals surface area contributed by atoms with Gasteiger partial charge in [-0.25, -0.2) is 4.98 Å². The molecule has 0 bridgehead atoms. The van der Waals surface area contributed by atoms with Crippen LogP contribution >= 0.6 is 11.3 Å². The minimum Gasteiger partial charge on any atom is -0.496 e. The van der Waals surface area contributed by atoms with E-state index >= 15 is 0 Å². The van der Waals surface area contributed by atoms with Gasteiger partial charge in [0.1, 0.15) is 15.6 Å². The molecule has 1 aliphatic rings. The summed E-state index contributed by atoms with van der Waals surface area (Å²) in [6.45, 7) is 2.10. The minimum absolute atomic E-state index is 0.0000430. The van der Waals surface area contributed by atoms with E-state index < -0.39 is 0 Å². The number of rotatable bonds is 4. The summed E-state index contributed by atoms with van der Waals surface area (Å²) in [7, 11) is 3.52. The Hall–Kier alpha value is -2.71. The average Bonchev–Trinajstić information content (AvgIpc) is 3.36. The van der Waals surface area contributed by atoms with Crippen molar-refractivity contribution in [2.75, 3.05) is 26.7 Å². The van der Waals surface area contributed by atoms with Gasteiger partial charge in [0.05, 0.1) is 25.5 Å². The van der Waals surface area contributed by atoms with Crippen molar-refractivity contribution in [3.8, 4) is 16.3 Å². The molecule has 140 valence electrons. The molecule has 2 aromatic heterocycles. The normalized spacial score (nSPS) is 17.1. The highest BCUT2D eigenvalue weighted by atomic mass is 32.1. The van der Waals surface area contributed by atoms with E-state index in [2.05, 4.69) is 15.4 Å². The number of ether oxygens (including phenoxy) is 1. The third kappa shape index (κ3) is 3.45. The Morgan fingerprint density at radius 3 is 2.96 bits per heavy atom. The summed E-state index contributed by atoms with van der Waals surface area (Å²) in [5.41, 5.74) is 1.93. The van der Waals surface area contributed by atoms with Crippen LogP contribution in [-0.2, 0) is 7.05 Å². The van der Waals surface area contributed by atoms with E-state index in [-0.39, 0.29) is 11.9 Å². The van der Waals surface area contributed by atoms with E-state index in [1.165, 1.54) is 11.3 Å². The predicted molar refractivity (Wildman–Crippen MR) is 104 cm³/mol. The van der Waals surface area contributed by atoms with Gasteiger partial charge in [-0.1, -0.05) is 18.2 Å². The Morgan fingerprint density at radius 2 is 2.19 bits per heavy atom. The maximum absolute atomic E-state index is 13.2. The van der Waals surface area contributed by atoms with Crippen molar-refractivity contribution in [1.82, 2.24) is 25.0 Å². The number of carbonyl (C=O) groups is 1. The number of amides is 1. The first-order chi connectivity index (χ1) is 13.2. The van der Waals surface area contributed by atoms with E-state index in [1.807, 2.05) is 42.4 Å². The smallest absolute Gasteiger partial charge is 0.266 e. The molecule has 0 radical (unpaired) electrons. The van der Waals surface area contributed by atoms with Crippen LogP contribution in [0.25, 0.3) is 10.6 Å². The van der Waals surface area contributed by atoms with Crippen molar-refractivity contribution >= 4 is 17.2 Å². The summed E-state index contributed by atoms with van der Waals surface area (Å²) < 4.78 is 7.24. The zero-order chi connectivity index (χ0) is 18.8. The molecule has 0 spiro atoms. The zero-order valence-electron chi connectivity index (χ0n) is 15.3. The maximum Gasteiger partial charge on any atom is 0.266 e. The molecule has 3 heterocycles. The van der Waals surface area contributed by atoms with Gasteiger partial charge in [-0.2, -0.15) is 5.10 Å². The van der Waals surface area contributed by atoms with Gasteiger partial charge in [0, 0.05) is 44.0 Å². The number of aromatic nitrogens is 3. The monoisotopic (exact) mass is 383 g/mol. The number of nitrogens with zero attached hydrogens (tertiary/aromatic N) is 4. The maximum atomic E-state index is 13.2. The third-order valence-corrected chi connectivity index (χ3v) is 5.70. The highest BCUT2D eigenvalue weighted by Gasteiger charge is 2.31. The second kappa shape index (κ2) is 7.50. The van der Waals surface area contributed by atoms with Crippen LogP contribution in [0.3, 0.4) is 0 Å². The molecule has 7 nitrogen and oxygen atoms in total. The van der Waals surface area contributed by atoms with Gasteiger partial charge in [-0.05, 0) is 6.07 Å². The predicted octanol–water partition coefficient (Wildman–Crippen LogP) is 2.34. The Morgan fingerprint density at radius 1 is 1.33 bits per heavy atom. The molecule has 8 heteroatoms. The molecule has 1 atom stereocenters. The van der Waals surface area contributed by atoms with Crippen LogP contribution in [0.5, 0.6) is 5.75 Å². The molecule has 4 rings (SSSR count). The number of benzene rings is 1. The van der Waals surface area contributed by atoms with Crippen LogP contribution in [0, 0.1) is 0 Å². The average molecular weight is 383 g/mol. The summed E-state index contributed by atoms with van der Waals surface area (Å²) in [5, 5.41) is 8.36. The van der Waals surface area contributed by atoms with Gasteiger partial charge < -0.3 is 15.0 Å². The molecule has 3 aromatic rings. The molecule has 1 saturated heterocycles. The van der Waals surface area contributed by atoms with Crippen molar-refractivity contribution in [3.05, 3.63) is 53.3 Å². The fraction of sp³-hybridized carbons (Fsp3) is 0.316. The van der Waals surface area contributed by atoms with Gasteiger partial charge in [-0.15, -0.1) is 11.3 Å². The molecule has 1 aliphatic heterocycles. The Bertz CT molecular complexity index is 951. The van der Waals surface area contributed by atoms with Crippen molar-refractivity contribution in [3.63, 3.8) is 0 Å². The lowest BCUT2D eigenvalue weighted by Crippen LogP contribution is -2.48. The number of methoxy groups -OCH3 is 1. The van der Waals surface area contributed by atoms with Gasteiger partial charge in [0.2, 0.25) is 0 Å². The van der Waals surface area contributed by atoms with E-state index in [0.29, 0.717) is 18.0 Å². The fourth-order valence-electron chi connectivity index (χ4n) is 3.35. The Labute approximate surface area is 161 Å². The van der Waals surface area contributed by atoms with Gasteiger partial charge in [0.25, 0.3) is 5.91 Å². The van der Waals surface area contributed by atoms with E-state index in [4.69, 9.17) is 4.74 Å². The summed E-state index contributed by atoms with van der Waals surface area (Å²) in [6.07, 6.45) is 5.32. The number of piperazine rings is 1. The first-order valence-corrected chi connectivity index (χ1v) is 9.58. The van der Waals surface area contributed by atoms with Crippen LogP contribution in [0.1, 0.15) is 21.3 Å². The molecular formula is C19H21N5O2S. The summed E-state index contributed by atoms with van der Waals surface area (Å²) in [6, 6.07) is 7.78. The minimum atomic E-state index is -0.0775. The van der Waals surface area contributed by atoms with E-state index in [9.17, 15) is 4.79 Å². The third-order valence-electron chi connectivity index (χ3n) is 4.67. The van der Waals surface area contributed by atoms with Crippen molar-refractivity contribution < 1.29 is 9.53 Å². The molecule has 1 amide bonds. The van der Waals surface area contributed by atoms with Crippen LogP contribution in [0.15, 0.2) is 42.9 Å². The second-order valence-corrected chi connectivity index (χ2v) is 7.42. The summed E-state index contributed by atoms with van der Waals surface area (Å²) in [5.74, 6) is 0.796.